The topological polar surface area (TPSA) is 69.6 Å². The lowest BCUT2D eigenvalue weighted by atomic mass is 9.79. The SMILES string of the molecule is CC1CCC(NC(=O)N2CCCCC2C(=O)O)CC1C. The van der Waals surface area contributed by atoms with E-state index >= 15 is 0 Å². The van der Waals surface area contributed by atoms with Crippen molar-refractivity contribution in [2.75, 3.05) is 6.54 Å². The van der Waals surface area contributed by atoms with Crippen LogP contribution in [0, 0.1) is 11.8 Å². The smallest absolute Gasteiger partial charge is 0.326 e. The second-order valence-electron chi connectivity index (χ2n) is 6.46. The monoisotopic (exact) mass is 282 g/mol. The minimum absolute atomic E-state index is 0.191. The summed E-state index contributed by atoms with van der Waals surface area (Å²) in [7, 11) is 0. The van der Waals surface area contributed by atoms with Crippen molar-refractivity contribution >= 4 is 12.0 Å². The predicted molar refractivity (Wildman–Crippen MR) is 76.5 cm³/mol. The van der Waals surface area contributed by atoms with Gasteiger partial charge in [-0.1, -0.05) is 13.8 Å². The summed E-state index contributed by atoms with van der Waals surface area (Å²) in [5, 5.41) is 12.3. The van der Waals surface area contributed by atoms with Gasteiger partial charge in [0.05, 0.1) is 0 Å². The van der Waals surface area contributed by atoms with Crippen LogP contribution in [0.25, 0.3) is 0 Å². The molecule has 4 unspecified atom stereocenters. The van der Waals surface area contributed by atoms with E-state index in [0.717, 1.165) is 32.1 Å². The normalized spacial score (nSPS) is 34.6. The van der Waals surface area contributed by atoms with Gasteiger partial charge in [-0.3, -0.25) is 0 Å². The van der Waals surface area contributed by atoms with E-state index in [-0.39, 0.29) is 12.1 Å². The van der Waals surface area contributed by atoms with E-state index in [1.54, 1.807) is 0 Å². The van der Waals surface area contributed by atoms with Crippen LogP contribution in [0.4, 0.5) is 4.79 Å². The van der Waals surface area contributed by atoms with Crippen LogP contribution < -0.4 is 5.32 Å². The number of carboxylic acid groups (broad SMARTS) is 1. The number of rotatable bonds is 2. The Kier molecular flexibility index (Phi) is 4.89. The molecule has 114 valence electrons. The fourth-order valence-electron chi connectivity index (χ4n) is 3.37. The fraction of sp³-hybridized carbons (Fsp3) is 0.867. The highest BCUT2D eigenvalue weighted by Gasteiger charge is 2.33. The zero-order valence-electron chi connectivity index (χ0n) is 12.5. The molecule has 1 saturated heterocycles. The summed E-state index contributed by atoms with van der Waals surface area (Å²) in [6.07, 6.45) is 5.49. The van der Waals surface area contributed by atoms with E-state index in [4.69, 9.17) is 0 Å². The lowest BCUT2D eigenvalue weighted by molar-refractivity contribution is -0.143. The molecule has 0 spiro atoms. The zero-order valence-corrected chi connectivity index (χ0v) is 12.5. The van der Waals surface area contributed by atoms with Crippen molar-refractivity contribution in [3.8, 4) is 0 Å². The maximum atomic E-state index is 12.3. The van der Waals surface area contributed by atoms with Gasteiger partial charge in [-0.25, -0.2) is 9.59 Å². The standard InChI is InChI=1S/C15H26N2O3/c1-10-6-7-12(9-11(10)2)16-15(20)17-8-4-3-5-13(17)14(18)19/h10-13H,3-9H2,1-2H3,(H,16,20)(H,18,19). The largest absolute Gasteiger partial charge is 0.480 e. The van der Waals surface area contributed by atoms with E-state index < -0.39 is 12.0 Å². The van der Waals surface area contributed by atoms with Crippen LogP contribution in [0.2, 0.25) is 0 Å². The van der Waals surface area contributed by atoms with Gasteiger partial charge in [0.2, 0.25) is 0 Å². The van der Waals surface area contributed by atoms with E-state index in [0.29, 0.717) is 24.8 Å². The molecule has 2 fully saturated rings. The second kappa shape index (κ2) is 6.46. The summed E-state index contributed by atoms with van der Waals surface area (Å²) in [5.41, 5.74) is 0. The summed E-state index contributed by atoms with van der Waals surface area (Å²) < 4.78 is 0. The molecule has 0 radical (unpaired) electrons. The number of piperidine rings is 1. The van der Waals surface area contributed by atoms with E-state index in [2.05, 4.69) is 19.2 Å². The Hall–Kier alpha value is -1.26. The number of carboxylic acids is 1. The number of urea groups is 1. The quantitative estimate of drug-likeness (QED) is 0.817. The molecule has 1 aliphatic heterocycles. The minimum atomic E-state index is -0.884. The van der Waals surface area contributed by atoms with Crippen molar-refractivity contribution in [2.45, 2.75) is 64.5 Å². The first kappa shape index (κ1) is 15.1. The first-order valence-electron chi connectivity index (χ1n) is 7.79. The highest BCUT2D eigenvalue weighted by molar-refractivity contribution is 5.83. The summed E-state index contributed by atoms with van der Waals surface area (Å²) in [6.45, 7) is 5.04. The van der Waals surface area contributed by atoms with Gasteiger partial charge >= 0.3 is 12.0 Å². The van der Waals surface area contributed by atoms with Crippen LogP contribution in [0.3, 0.4) is 0 Å². The van der Waals surface area contributed by atoms with Crippen molar-refractivity contribution in [2.24, 2.45) is 11.8 Å². The Labute approximate surface area is 120 Å². The molecule has 1 heterocycles. The molecule has 2 N–H and O–H groups in total. The Bertz CT molecular complexity index is 372. The molecular weight excluding hydrogens is 256 g/mol. The minimum Gasteiger partial charge on any atom is -0.480 e. The molecule has 2 amide bonds. The lowest BCUT2D eigenvalue weighted by Crippen LogP contribution is -2.54. The molecule has 1 aliphatic carbocycles. The van der Waals surface area contributed by atoms with Crippen molar-refractivity contribution in [1.29, 1.82) is 0 Å². The van der Waals surface area contributed by atoms with Crippen LogP contribution in [0.5, 0.6) is 0 Å². The van der Waals surface area contributed by atoms with Crippen molar-refractivity contribution < 1.29 is 14.7 Å². The summed E-state index contributed by atoms with van der Waals surface area (Å²) in [5.74, 6) is 0.445. The Morgan fingerprint density at radius 2 is 1.85 bits per heavy atom. The average molecular weight is 282 g/mol. The van der Waals surface area contributed by atoms with Crippen molar-refractivity contribution in [3.63, 3.8) is 0 Å². The lowest BCUT2D eigenvalue weighted by Gasteiger charge is -2.37. The second-order valence-corrected chi connectivity index (χ2v) is 6.46. The average Bonchev–Trinajstić information content (AvgIpc) is 2.43. The van der Waals surface area contributed by atoms with Gasteiger partial charge in [0.25, 0.3) is 0 Å². The van der Waals surface area contributed by atoms with E-state index in [1.165, 1.54) is 4.90 Å². The van der Waals surface area contributed by atoms with Gasteiger partial charge in [0, 0.05) is 12.6 Å². The number of hydrogen-bond donors (Lipinski definition) is 2. The van der Waals surface area contributed by atoms with Crippen LogP contribution in [0.15, 0.2) is 0 Å². The maximum Gasteiger partial charge on any atom is 0.326 e. The van der Waals surface area contributed by atoms with Crippen LogP contribution >= 0.6 is 0 Å². The third-order valence-electron chi connectivity index (χ3n) is 4.97. The van der Waals surface area contributed by atoms with Crippen molar-refractivity contribution in [3.05, 3.63) is 0 Å². The molecule has 1 saturated carbocycles. The molecule has 0 aromatic heterocycles. The van der Waals surface area contributed by atoms with Gasteiger partial charge in [0.15, 0.2) is 0 Å². The third-order valence-corrected chi connectivity index (χ3v) is 4.97. The number of carbonyl (C=O) groups excluding carboxylic acids is 1. The number of nitrogens with zero attached hydrogens (tertiary/aromatic N) is 1. The number of carbonyl (C=O) groups is 2. The fourth-order valence-corrected chi connectivity index (χ4v) is 3.37. The van der Waals surface area contributed by atoms with Gasteiger partial charge in [-0.05, 0) is 50.4 Å². The van der Waals surface area contributed by atoms with Gasteiger partial charge < -0.3 is 15.3 Å². The number of likely N-dealkylation sites (tertiary alicyclic amines) is 1. The Morgan fingerprint density at radius 1 is 1.10 bits per heavy atom. The van der Waals surface area contributed by atoms with E-state index in [9.17, 15) is 14.7 Å². The molecule has 0 aromatic rings. The molecule has 4 atom stereocenters. The maximum absolute atomic E-state index is 12.3. The molecule has 5 heteroatoms. The van der Waals surface area contributed by atoms with Crippen LogP contribution in [0.1, 0.15) is 52.4 Å². The first-order valence-corrected chi connectivity index (χ1v) is 7.79. The van der Waals surface area contributed by atoms with Gasteiger partial charge in [-0.2, -0.15) is 0 Å². The molecule has 20 heavy (non-hydrogen) atoms. The third kappa shape index (κ3) is 3.44. The Balaban J connectivity index is 1.91. The molecule has 5 nitrogen and oxygen atoms in total. The van der Waals surface area contributed by atoms with Crippen LogP contribution in [-0.2, 0) is 4.79 Å². The Morgan fingerprint density at radius 3 is 2.50 bits per heavy atom. The predicted octanol–water partition coefficient (Wildman–Crippen LogP) is 2.46. The zero-order chi connectivity index (χ0) is 14.7. The number of nitrogens with one attached hydrogen (secondary N) is 1. The molecule has 0 aromatic carbocycles. The number of hydrogen-bond acceptors (Lipinski definition) is 2. The van der Waals surface area contributed by atoms with Gasteiger partial charge in [-0.15, -0.1) is 0 Å². The first-order chi connectivity index (χ1) is 9.49. The summed E-state index contributed by atoms with van der Waals surface area (Å²) in [4.78, 5) is 25.1. The highest BCUT2D eigenvalue weighted by atomic mass is 16.4. The van der Waals surface area contributed by atoms with Crippen molar-refractivity contribution in [1.82, 2.24) is 10.2 Å². The molecular formula is C15H26N2O3. The van der Waals surface area contributed by atoms with Crippen LogP contribution in [-0.4, -0.2) is 40.6 Å². The molecule has 2 aliphatic rings. The summed E-state index contributed by atoms with van der Waals surface area (Å²) >= 11 is 0. The van der Waals surface area contributed by atoms with Gasteiger partial charge in [0.1, 0.15) is 6.04 Å². The number of amides is 2. The molecule has 2 rings (SSSR count). The number of aliphatic carboxylic acids is 1. The molecule has 0 bridgehead atoms. The highest BCUT2D eigenvalue weighted by Crippen LogP contribution is 2.29. The summed E-state index contributed by atoms with van der Waals surface area (Å²) in [6, 6.07) is -0.641. The van der Waals surface area contributed by atoms with E-state index in [1.807, 2.05) is 0 Å².